The number of ether oxygens (including phenoxy) is 5. The fourth-order valence-electron chi connectivity index (χ4n) is 4.65. The van der Waals surface area contributed by atoms with Gasteiger partial charge in [-0.15, -0.1) is 0 Å². The van der Waals surface area contributed by atoms with Crippen LogP contribution in [0.3, 0.4) is 0 Å². The van der Waals surface area contributed by atoms with Gasteiger partial charge < -0.3 is 58.7 Å². The van der Waals surface area contributed by atoms with Crippen molar-refractivity contribution < 1.29 is 58.7 Å². The third kappa shape index (κ3) is 5.19. The van der Waals surface area contributed by atoms with Crippen LogP contribution in [-0.2, 0) is 14.2 Å². The summed E-state index contributed by atoms with van der Waals surface area (Å²) in [6.45, 7) is -1.91. The molecule has 0 aliphatic carbocycles. The number of hydrogen-bond acceptors (Lipinski definition) is 13. The highest BCUT2D eigenvalue weighted by Crippen LogP contribution is 2.33. The summed E-state index contributed by atoms with van der Waals surface area (Å²) >= 11 is 0. The summed E-state index contributed by atoms with van der Waals surface area (Å²) in [4.78, 5) is 13.2. The summed E-state index contributed by atoms with van der Waals surface area (Å²) in [6.07, 6.45) is -9.29. The molecule has 0 amide bonds. The maximum Gasteiger partial charge on any atom is 0.229 e. The molecule has 216 valence electrons. The van der Waals surface area contributed by atoms with Crippen molar-refractivity contribution in [2.24, 2.45) is 0 Å². The lowest BCUT2D eigenvalue weighted by molar-refractivity contribution is -0.318. The third-order valence-electron chi connectivity index (χ3n) is 7.09. The number of benzene rings is 2. The molecular weight excluding hydrogens is 532 g/mol. The number of rotatable bonds is 8. The standard InChI is InChI=1S/C27H30O13/c1-35-14-4-2-13(3-5-14)17-10-36-18-8-15(6-7-16(18)20(17)30)38-25-23(22(32)21(31)19(9-28)39-25)40-26-24(33)27(34,11-29)12-37-26/h2-8,10,19,21-26,28-29,31-34H,9,11-12H2,1H3/t19-,21-,22+,23-,24-,25+,26+,27+/m0/s1. The lowest BCUT2D eigenvalue weighted by Gasteiger charge is -2.42. The van der Waals surface area contributed by atoms with Gasteiger partial charge in [0.25, 0.3) is 0 Å². The van der Waals surface area contributed by atoms with Crippen LogP contribution in [0.25, 0.3) is 22.1 Å². The first-order valence-electron chi connectivity index (χ1n) is 12.5. The Labute approximate surface area is 227 Å². The molecule has 2 fully saturated rings. The number of hydrogen-bond donors (Lipinski definition) is 6. The van der Waals surface area contributed by atoms with Crippen molar-refractivity contribution in [3.8, 4) is 22.6 Å². The molecule has 8 atom stereocenters. The maximum atomic E-state index is 13.2. The van der Waals surface area contributed by atoms with Crippen LogP contribution in [0.15, 0.2) is 57.9 Å². The average Bonchev–Trinajstić information content (AvgIpc) is 3.26. The van der Waals surface area contributed by atoms with Gasteiger partial charge in [-0.25, -0.2) is 0 Å². The Bertz CT molecular complexity index is 1380. The van der Waals surface area contributed by atoms with Gasteiger partial charge in [0.1, 0.15) is 53.4 Å². The van der Waals surface area contributed by atoms with Crippen molar-refractivity contribution in [3.05, 3.63) is 59.0 Å². The predicted molar refractivity (Wildman–Crippen MR) is 136 cm³/mol. The molecule has 0 saturated carbocycles. The summed E-state index contributed by atoms with van der Waals surface area (Å²) in [5.41, 5.74) is -1.10. The van der Waals surface area contributed by atoms with Crippen molar-refractivity contribution in [2.75, 3.05) is 26.9 Å². The Morgan fingerprint density at radius 3 is 2.38 bits per heavy atom. The largest absolute Gasteiger partial charge is 0.497 e. The van der Waals surface area contributed by atoms with Crippen molar-refractivity contribution in [3.63, 3.8) is 0 Å². The lowest BCUT2D eigenvalue weighted by Crippen LogP contribution is -2.62. The lowest BCUT2D eigenvalue weighted by atomic mass is 9.98. The molecule has 0 spiro atoms. The molecule has 0 bridgehead atoms. The quantitative estimate of drug-likeness (QED) is 0.198. The summed E-state index contributed by atoms with van der Waals surface area (Å²) in [6, 6.07) is 11.3. The molecule has 3 heterocycles. The highest BCUT2D eigenvalue weighted by atomic mass is 16.8. The average molecular weight is 563 g/mol. The predicted octanol–water partition coefficient (Wildman–Crippen LogP) is -0.888. The van der Waals surface area contributed by atoms with E-state index in [1.807, 2.05) is 0 Å². The van der Waals surface area contributed by atoms with Crippen LogP contribution in [0.2, 0.25) is 0 Å². The van der Waals surface area contributed by atoms with Crippen molar-refractivity contribution in [1.29, 1.82) is 0 Å². The van der Waals surface area contributed by atoms with E-state index >= 15 is 0 Å². The van der Waals surface area contributed by atoms with Gasteiger partial charge in [0.2, 0.25) is 6.29 Å². The van der Waals surface area contributed by atoms with E-state index in [4.69, 9.17) is 28.1 Å². The number of aliphatic hydroxyl groups is 6. The first-order valence-corrected chi connectivity index (χ1v) is 12.5. The van der Waals surface area contributed by atoms with E-state index < -0.39 is 68.5 Å². The zero-order valence-corrected chi connectivity index (χ0v) is 21.3. The van der Waals surface area contributed by atoms with E-state index in [1.54, 1.807) is 31.4 Å². The molecule has 5 rings (SSSR count). The van der Waals surface area contributed by atoms with E-state index in [0.717, 1.165) is 0 Å². The molecule has 1 aromatic heterocycles. The Morgan fingerprint density at radius 2 is 1.73 bits per heavy atom. The minimum absolute atomic E-state index is 0.131. The first kappa shape index (κ1) is 28.4. The smallest absolute Gasteiger partial charge is 0.229 e. The van der Waals surface area contributed by atoms with E-state index in [1.165, 1.54) is 24.5 Å². The molecule has 2 aliphatic heterocycles. The fourth-order valence-corrected chi connectivity index (χ4v) is 4.65. The van der Waals surface area contributed by atoms with Crippen LogP contribution < -0.4 is 14.9 Å². The number of fused-ring (bicyclic) bond motifs is 1. The van der Waals surface area contributed by atoms with Gasteiger partial charge in [-0.2, -0.15) is 0 Å². The minimum Gasteiger partial charge on any atom is -0.497 e. The SMILES string of the molecule is COc1ccc(-c2coc3cc(O[C@@H]4O[C@@H](CO)[C@H](O)[C@@H](O)[C@@H]4O[C@H]4OC[C@](O)(CO)[C@H]4O)ccc3c2=O)cc1. The third-order valence-corrected chi connectivity index (χ3v) is 7.09. The zero-order chi connectivity index (χ0) is 28.6. The summed E-state index contributed by atoms with van der Waals surface area (Å²) < 4.78 is 33.3. The minimum atomic E-state index is -1.99. The number of aliphatic hydroxyl groups excluding tert-OH is 5. The molecule has 0 radical (unpaired) electrons. The summed E-state index contributed by atoms with van der Waals surface area (Å²) in [5, 5.41) is 61.0. The Balaban J connectivity index is 1.40. The van der Waals surface area contributed by atoms with Crippen LogP contribution in [0.5, 0.6) is 11.5 Å². The summed E-state index contributed by atoms with van der Waals surface area (Å²) in [5.74, 6) is 0.772. The van der Waals surface area contributed by atoms with Crippen LogP contribution in [0.4, 0.5) is 0 Å². The van der Waals surface area contributed by atoms with Crippen LogP contribution >= 0.6 is 0 Å². The van der Waals surface area contributed by atoms with Gasteiger partial charge in [0.05, 0.1) is 37.9 Å². The molecule has 0 unspecified atom stereocenters. The topological polar surface area (TPSA) is 198 Å². The van der Waals surface area contributed by atoms with Crippen LogP contribution in [0.1, 0.15) is 0 Å². The first-order chi connectivity index (χ1) is 19.2. The van der Waals surface area contributed by atoms with Gasteiger partial charge in [-0.1, -0.05) is 12.1 Å². The Hall–Kier alpha value is -3.11. The Kier molecular flexibility index (Phi) is 8.10. The second-order valence-corrected chi connectivity index (χ2v) is 9.68. The molecule has 13 heteroatoms. The van der Waals surface area contributed by atoms with Gasteiger partial charge in [0, 0.05) is 6.07 Å². The normalized spacial score (nSPS) is 32.3. The van der Waals surface area contributed by atoms with Crippen LogP contribution in [-0.4, -0.2) is 106 Å². The molecule has 2 aromatic carbocycles. The van der Waals surface area contributed by atoms with Gasteiger partial charge in [0.15, 0.2) is 17.8 Å². The number of methoxy groups -OCH3 is 1. The van der Waals surface area contributed by atoms with Crippen molar-refractivity contribution >= 4 is 11.0 Å². The van der Waals surface area contributed by atoms with Crippen molar-refractivity contribution in [2.45, 2.75) is 48.7 Å². The fraction of sp³-hybridized carbons (Fsp3) is 0.444. The molecule has 3 aromatic rings. The van der Waals surface area contributed by atoms with E-state index in [9.17, 15) is 35.4 Å². The van der Waals surface area contributed by atoms with E-state index in [0.29, 0.717) is 16.9 Å². The van der Waals surface area contributed by atoms with E-state index in [2.05, 4.69) is 0 Å². The van der Waals surface area contributed by atoms with Crippen LogP contribution in [0, 0.1) is 0 Å². The molecule has 2 saturated heterocycles. The van der Waals surface area contributed by atoms with Crippen molar-refractivity contribution in [1.82, 2.24) is 0 Å². The van der Waals surface area contributed by atoms with E-state index in [-0.39, 0.29) is 22.1 Å². The second kappa shape index (κ2) is 11.4. The summed E-state index contributed by atoms with van der Waals surface area (Å²) in [7, 11) is 1.54. The molecule has 6 N–H and O–H groups in total. The molecular formula is C27H30O13. The monoisotopic (exact) mass is 562 g/mol. The molecule has 2 aliphatic rings. The highest BCUT2D eigenvalue weighted by Gasteiger charge is 2.53. The molecule has 40 heavy (non-hydrogen) atoms. The van der Waals surface area contributed by atoms with Gasteiger partial charge >= 0.3 is 0 Å². The Morgan fingerprint density at radius 1 is 1.00 bits per heavy atom. The highest BCUT2D eigenvalue weighted by molar-refractivity contribution is 5.82. The second-order valence-electron chi connectivity index (χ2n) is 9.68. The van der Waals surface area contributed by atoms with Gasteiger partial charge in [-0.05, 0) is 29.8 Å². The maximum absolute atomic E-state index is 13.2. The van der Waals surface area contributed by atoms with Gasteiger partial charge in [-0.3, -0.25) is 4.79 Å². The molecule has 13 nitrogen and oxygen atoms in total. The zero-order valence-electron chi connectivity index (χ0n) is 21.3.